The molecule has 7 heteroatoms. The predicted octanol–water partition coefficient (Wildman–Crippen LogP) is 5.10. The first-order valence-electron chi connectivity index (χ1n) is 8.52. The van der Waals surface area contributed by atoms with E-state index in [1.165, 1.54) is 6.92 Å². The van der Waals surface area contributed by atoms with Gasteiger partial charge in [-0.1, -0.05) is 41.9 Å². The summed E-state index contributed by atoms with van der Waals surface area (Å²) in [5.41, 5.74) is 4.02. The first kappa shape index (κ1) is 18.0. The van der Waals surface area contributed by atoms with E-state index in [1.807, 2.05) is 50.2 Å². The van der Waals surface area contributed by atoms with E-state index in [0.717, 1.165) is 22.4 Å². The number of pyridine rings is 1. The number of hydrogen-bond donors (Lipinski definition) is 0. The third-order valence-electron chi connectivity index (χ3n) is 4.57. The van der Waals surface area contributed by atoms with Crippen LogP contribution in [-0.4, -0.2) is 20.5 Å². The molecule has 2 aromatic heterocycles. The molecule has 0 fully saturated rings. The number of benzene rings is 1. The lowest BCUT2D eigenvalue weighted by molar-refractivity contribution is -0.147. The molecule has 0 radical (unpaired) electrons. The zero-order chi connectivity index (χ0) is 19.3. The van der Waals surface area contributed by atoms with Gasteiger partial charge in [0.25, 0.3) is 0 Å². The third-order valence-corrected chi connectivity index (χ3v) is 5.34. The number of esters is 1. The second-order valence-corrected chi connectivity index (χ2v) is 7.39. The van der Waals surface area contributed by atoms with Crippen molar-refractivity contribution in [3.8, 4) is 17.1 Å². The van der Waals surface area contributed by atoms with Gasteiger partial charge in [-0.2, -0.15) is 0 Å². The van der Waals surface area contributed by atoms with Crippen LogP contribution in [0.15, 0.2) is 36.4 Å². The lowest BCUT2D eigenvalue weighted by Crippen LogP contribution is -2.25. The van der Waals surface area contributed by atoms with Gasteiger partial charge < -0.3 is 4.74 Å². The lowest BCUT2D eigenvalue weighted by atomic mass is 9.97. The maximum absolute atomic E-state index is 11.7. The molecule has 0 spiro atoms. The Morgan fingerprint density at radius 1 is 1.19 bits per heavy atom. The number of fused-ring (bicyclic) bond motifs is 3. The Balaban J connectivity index is 2.00. The van der Waals surface area contributed by atoms with Crippen LogP contribution in [0.4, 0.5) is 0 Å². The highest BCUT2D eigenvalue weighted by atomic mass is 35.5. The summed E-state index contributed by atoms with van der Waals surface area (Å²) in [6, 6.07) is 11.6. The number of hydrogen-bond acceptors (Lipinski definition) is 4. The van der Waals surface area contributed by atoms with E-state index in [-0.39, 0.29) is 0 Å². The van der Waals surface area contributed by atoms with Crippen molar-refractivity contribution in [3.63, 3.8) is 0 Å². The number of aryl methyl sites for hydroxylation is 2. The van der Waals surface area contributed by atoms with E-state index in [1.54, 1.807) is 4.57 Å². The molecule has 1 aliphatic rings. The molecule has 0 saturated heterocycles. The number of imidazole rings is 1. The van der Waals surface area contributed by atoms with Crippen molar-refractivity contribution in [2.75, 3.05) is 0 Å². The Morgan fingerprint density at radius 3 is 2.56 bits per heavy atom. The van der Waals surface area contributed by atoms with Crippen LogP contribution in [0.3, 0.4) is 0 Å². The molecule has 0 N–H and O–H groups in total. The second-order valence-electron chi connectivity index (χ2n) is 6.56. The van der Waals surface area contributed by atoms with Gasteiger partial charge in [-0.25, -0.2) is 9.97 Å². The number of aromatic nitrogens is 3. The van der Waals surface area contributed by atoms with Gasteiger partial charge in [0.15, 0.2) is 6.10 Å². The second kappa shape index (κ2) is 6.66. The summed E-state index contributed by atoms with van der Waals surface area (Å²) in [7, 11) is 0. The molecule has 138 valence electrons. The van der Waals surface area contributed by atoms with E-state index < -0.39 is 17.5 Å². The molecule has 3 aromatic rings. The number of rotatable bonds is 2. The van der Waals surface area contributed by atoms with Crippen LogP contribution >= 0.6 is 23.2 Å². The molecular weight excluding hydrogens is 385 g/mol. The monoisotopic (exact) mass is 401 g/mol. The Labute approximate surface area is 166 Å². The van der Waals surface area contributed by atoms with Gasteiger partial charge in [-0.3, -0.25) is 9.36 Å². The topological polar surface area (TPSA) is 57.0 Å². The first-order chi connectivity index (χ1) is 12.9. The molecule has 2 atom stereocenters. The molecule has 0 bridgehead atoms. The van der Waals surface area contributed by atoms with Gasteiger partial charge in [0, 0.05) is 23.7 Å². The summed E-state index contributed by atoms with van der Waals surface area (Å²) in [5, 5.41) is -0.249. The van der Waals surface area contributed by atoms with E-state index in [2.05, 4.69) is 9.97 Å². The van der Waals surface area contributed by atoms with Crippen molar-refractivity contribution in [1.82, 2.24) is 14.5 Å². The van der Waals surface area contributed by atoms with Crippen molar-refractivity contribution in [3.05, 3.63) is 64.2 Å². The molecule has 3 heterocycles. The van der Waals surface area contributed by atoms with Crippen molar-refractivity contribution in [2.24, 2.45) is 0 Å². The summed E-state index contributed by atoms with van der Waals surface area (Å²) in [4.78, 5) is 21.0. The number of nitrogens with zero attached hydrogens (tertiary/aromatic N) is 3. The Hall–Kier alpha value is -2.37. The molecule has 2 unspecified atom stereocenters. The van der Waals surface area contributed by atoms with Crippen molar-refractivity contribution < 1.29 is 9.53 Å². The predicted molar refractivity (Wildman–Crippen MR) is 104 cm³/mol. The number of alkyl halides is 1. The number of halogens is 2. The third kappa shape index (κ3) is 2.91. The molecule has 5 nitrogen and oxygen atoms in total. The highest BCUT2D eigenvalue weighted by Crippen LogP contribution is 2.48. The van der Waals surface area contributed by atoms with Crippen LogP contribution < -0.4 is 0 Å². The molecule has 0 aliphatic carbocycles. The molecule has 0 amide bonds. The lowest BCUT2D eigenvalue weighted by Gasteiger charge is -2.31. The Bertz CT molecular complexity index is 1050. The van der Waals surface area contributed by atoms with Gasteiger partial charge >= 0.3 is 5.97 Å². The molecule has 1 aromatic carbocycles. The quantitative estimate of drug-likeness (QED) is 0.442. The maximum Gasteiger partial charge on any atom is 0.303 e. The average Bonchev–Trinajstić information content (AvgIpc) is 2.96. The average molecular weight is 402 g/mol. The van der Waals surface area contributed by atoms with E-state index >= 15 is 0 Å². The highest BCUT2D eigenvalue weighted by Gasteiger charge is 2.40. The molecular formula is C20H17Cl2N3O2. The molecule has 4 rings (SSSR count). The SMILES string of the molecule is CC(=O)OC1c2c(C)cc(C)nc2-n2c(nc(-c3ccccc3)c2Cl)C1Cl. The van der Waals surface area contributed by atoms with Crippen LogP contribution in [0.25, 0.3) is 17.1 Å². The fraction of sp³-hybridized carbons (Fsp3) is 0.250. The largest absolute Gasteiger partial charge is 0.455 e. The summed E-state index contributed by atoms with van der Waals surface area (Å²) in [5.74, 6) is 0.702. The van der Waals surface area contributed by atoms with E-state index in [9.17, 15) is 4.79 Å². The Kier molecular flexibility index (Phi) is 4.44. The highest BCUT2D eigenvalue weighted by molar-refractivity contribution is 6.32. The van der Waals surface area contributed by atoms with E-state index in [4.69, 9.17) is 27.9 Å². The maximum atomic E-state index is 11.7. The van der Waals surface area contributed by atoms with Gasteiger partial charge in [-0.05, 0) is 25.5 Å². The van der Waals surface area contributed by atoms with Crippen molar-refractivity contribution in [1.29, 1.82) is 0 Å². The van der Waals surface area contributed by atoms with Crippen LogP contribution in [-0.2, 0) is 9.53 Å². The van der Waals surface area contributed by atoms with Gasteiger partial charge in [0.05, 0.1) is 0 Å². The van der Waals surface area contributed by atoms with Gasteiger partial charge in [-0.15, -0.1) is 11.6 Å². The summed E-state index contributed by atoms with van der Waals surface area (Å²) >= 11 is 13.4. The summed E-state index contributed by atoms with van der Waals surface area (Å²) in [6.45, 7) is 5.22. The van der Waals surface area contributed by atoms with Gasteiger partial charge in [0.1, 0.15) is 27.9 Å². The van der Waals surface area contributed by atoms with Crippen molar-refractivity contribution in [2.45, 2.75) is 32.3 Å². The summed E-state index contributed by atoms with van der Waals surface area (Å²) < 4.78 is 7.32. The normalized spacial score (nSPS) is 18.0. The zero-order valence-electron chi connectivity index (χ0n) is 15.0. The standard InChI is InChI=1S/C20H17Cl2N3O2/c1-10-9-11(2)23-19-14(10)17(27-12(3)26)15(21)20-24-16(18(22)25(19)20)13-7-5-4-6-8-13/h4-9,15,17H,1-3H3. The van der Waals surface area contributed by atoms with Crippen LogP contribution in [0.1, 0.15) is 41.1 Å². The fourth-order valence-electron chi connectivity index (χ4n) is 3.51. The smallest absolute Gasteiger partial charge is 0.303 e. The minimum absolute atomic E-state index is 0.411. The van der Waals surface area contributed by atoms with Crippen molar-refractivity contribution >= 4 is 29.2 Å². The zero-order valence-corrected chi connectivity index (χ0v) is 16.5. The van der Waals surface area contributed by atoms with Crippen LogP contribution in [0.2, 0.25) is 5.15 Å². The molecule has 0 saturated carbocycles. The Morgan fingerprint density at radius 2 is 1.89 bits per heavy atom. The molecule has 1 aliphatic heterocycles. The minimum Gasteiger partial charge on any atom is -0.455 e. The number of carbonyl (C=O) groups is 1. The number of ether oxygens (including phenoxy) is 1. The molecule has 27 heavy (non-hydrogen) atoms. The summed E-state index contributed by atoms with van der Waals surface area (Å²) in [6.07, 6.45) is -0.679. The van der Waals surface area contributed by atoms with Crippen LogP contribution in [0.5, 0.6) is 0 Å². The first-order valence-corrected chi connectivity index (χ1v) is 9.33. The number of carbonyl (C=O) groups excluding carboxylic acids is 1. The van der Waals surface area contributed by atoms with Crippen LogP contribution in [0, 0.1) is 13.8 Å². The fourth-order valence-corrected chi connectivity index (χ4v) is 4.15. The van der Waals surface area contributed by atoms with E-state index in [0.29, 0.717) is 22.5 Å². The minimum atomic E-state index is -0.681. The van der Waals surface area contributed by atoms with Gasteiger partial charge in [0.2, 0.25) is 0 Å².